The Morgan fingerprint density at radius 3 is 2.24 bits per heavy atom. The molecule has 1 aromatic heterocycles. The van der Waals surface area contributed by atoms with E-state index in [1.165, 1.54) is 41.6 Å². The van der Waals surface area contributed by atoms with Crippen LogP contribution in [0.2, 0.25) is 0 Å². The Kier molecular flexibility index (Phi) is 11.0. The molecule has 0 aliphatic heterocycles. The van der Waals surface area contributed by atoms with E-state index in [9.17, 15) is 36.3 Å². The molecule has 0 atom stereocenters. The highest BCUT2D eigenvalue weighted by Crippen LogP contribution is 2.43. The quantitative estimate of drug-likeness (QED) is 0.0816. The van der Waals surface area contributed by atoms with Gasteiger partial charge in [0.15, 0.2) is 23.3 Å². The molecule has 15 heteroatoms. The number of carbonyl (C=O) groups is 2. The smallest absolute Gasteiger partial charge is 0.335 e. The zero-order valence-electron chi connectivity index (χ0n) is 29.9. The fourth-order valence-electron chi connectivity index (χ4n) is 5.99. The summed E-state index contributed by atoms with van der Waals surface area (Å²) < 4.78 is 93.0. The van der Waals surface area contributed by atoms with Gasteiger partial charge in [-0.2, -0.15) is 4.31 Å². The molecule has 3 aromatic carbocycles. The van der Waals surface area contributed by atoms with Crippen LogP contribution in [0.5, 0.6) is 5.75 Å². The van der Waals surface area contributed by atoms with E-state index >= 15 is 4.39 Å². The van der Waals surface area contributed by atoms with Crippen molar-refractivity contribution in [1.29, 1.82) is 0 Å². The molecule has 4 aromatic rings. The number of carboxylic acid groups (broad SMARTS) is 1. The lowest BCUT2D eigenvalue weighted by Gasteiger charge is -2.30. The highest BCUT2D eigenvalue weighted by molar-refractivity contribution is 9.10. The van der Waals surface area contributed by atoms with Gasteiger partial charge in [0, 0.05) is 18.9 Å². The van der Waals surface area contributed by atoms with Gasteiger partial charge < -0.3 is 14.7 Å². The summed E-state index contributed by atoms with van der Waals surface area (Å²) in [6.45, 7) is 6.11. The van der Waals surface area contributed by atoms with Gasteiger partial charge in [-0.05, 0) is 112 Å². The average Bonchev–Trinajstić information content (AvgIpc) is 4.05. The maximum Gasteiger partial charge on any atom is 0.335 e. The van der Waals surface area contributed by atoms with Crippen LogP contribution >= 0.6 is 15.9 Å². The zero-order chi connectivity index (χ0) is 39.3. The second kappa shape index (κ2) is 15.1. The van der Waals surface area contributed by atoms with Crippen LogP contribution in [0.25, 0.3) is 0 Å². The topological polar surface area (TPSA) is 117 Å². The fraction of sp³-hybridized carbons (Fsp3) is 0.359. The number of carbonyl (C=O) groups excluding carboxylic acids is 1. The van der Waals surface area contributed by atoms with Crippen molar-refractivity contribution in [3.63, 3.8) is 0 Å². The first-order chi connectivity index (χ1) is 25.4. The normalized spacial score (nSPS) is 14.7. The number of nitrogens with zero attached hydrogens (tertiary/aromatic N) is 3. The number of pyridine rings is 1. The molecule has 2 aliphatic rings. The minimum absolute atomic E-state index is 0.0796. The van der Waals surface area contributed by atoms with Gasteiger partial charge in [-0.15, -0.1) is 0 Å². The van der Waals surface area contributed by atoms with Crippen LogP contribution in [0.1, 0.15) is 90.5 Å². The molecule has 1 N–H and O–H groups in total. The third-order valence-electron chi connectivity index (χ3n) is 9.45. The summed E-state index contributed by atoms with van der Waals surface area (Å²) in [5.74, 6) is -10.4. The molecule has 6 rings (SSSR count). The molecule has 0 unspecified atom stereocenters. The summed E-state index contributed by atoms with van der Waals surface area (Å²) in [4.78, 5) is 30.5. The van der Waals surface area contributed by atoms with E-state index in [0.717, 1.165) is 24.0 Å². The molecule has 2 fully saturated rings. The van der Waals surface area contributed by atoms with E-state index < -0.39 is 67.6 Å². The molecule has 286 valence electrons. The van der Waals surface area contributed by atoms with Crippen LogP contribution in [-0.2, 0) is 33.3 Å². The fourth-order valence-corrected chi connectivity index (χ4v) is 8.43. The standard InChI is InChI=1S/C39H38BrF4N3O6S/c1-21-17-45-12-11-25(21)19-46(54(51,52)37-32(40)33(41)34(42)35(43)36(37)44)20-31(48)47(29-10-7-24(38(49)50)16-30(29)53-28-8-9-28)18-22-13-26(23-5-6-23)15-27(14-22)39(2,3)4/h7,10-17,23,28H,5-6,8-9,18-20H2,1-4H3,(H,49,50). The van der Waals surface area contributed by atoms with Crippen molar-refractivity contribution in [2.24, 2.45) is 0 Å². The highest BCUT2D eigenvalue weighted by atomic mass is 79.9. The number of aromatic nitrogens is 1. The van der Waals surface area contributed by atoms with E-state index in [1.54, 1.807) is 6.92 Å². The summed E-state index contributed by atoms with van der Waals surface area (Å²) in [6, 6.07) is 11.5. The number of sulfonamides is 1. The molecule has 2 saturated carbocycles. The van der Waals surface area contributed by atoms with Gasteiger partial charge in [-0.25, -0.2) is 30.8 Å². The van der Waals surface area contributed by atoms with Gasteiger partial charge in [0.2, 0.25) is 15.9 Å². The van der Waals surface area contributed by atoms with E-state index in [0.29, 0.717) is 39.8 Å². The number of amides is 1. The lowest BCUT2D eigenvalue weighted by atomic mass is 9.84. The van der Waals surface area contributed by atoms with Crippen molar-refractivity contribution in [3.05, 3.63) is 116 Å². The van der Waals surface area contributed by atoms with Crippen molar-refractivity contribution >= 4 is 43.5 Å². The van der Waals surface area contributed by atoms with Crippen LogP contribution < -0.4 is 9.64 Å². The predicted octanol–water partition coefficient (Wildman–Crippen LogP) is 8.55. The molecule has 1 heterocycles. The van der Waals surface area contributed by atoms with Gasteiger partial charge in [-0.1, -0.05) is 39.0 Å². The zero-order valence-corrected chi connectivity index (χ0v) is 32.3. The van der Waals surface area contributed by atoms with Crippen LogP contribution in [0.3, 0.4) is 0 Å². The number of ether oxygens (including phenoxy) is 1. The molecule has 54 heavy (non-hydrogen) atoms. The second-order valence-electron chi connectivity index (χ2n) is 14.7. The predicted molar refractivity (Wildman–Crippen MR) is 196 cm³/mol. The largest absolute Gasteiger partial charge is 0.488 e. The Bertz CT molecular complexity index is 2230. The van der Waals surface area contributed by atoms with Crippen molar-refractivity contribution in [2.45, 2.75) is 88.8 Å². The Balaban J connectivity index is 1.50. The van der Waals surface area contributed by atoms with Crippen molar-refractivity contribution < 1.29 is 45.4 Å². The third kappa shape index (κ3) is 8.32. The number of aryl methyl sites for hydroxylation is 1. The van der Waals surface area contributed by atoms with Gasteiger partial charge in [0.05, 0.1) is 34.9 Å². The van der Waals surface area contributed by atoms with Crippen LogP contribution in [0.4, 0.5) is 23.2 Å². The van der Waals surface area contributed by atoms with Crippen LogP contribution in [0, 0.1) is 30.2 Å². The van der Waals surface area contributed by atoms with E-state index in [2.05, 4.69) is 47.8 Å². The third-order valence-corrected chi connectivity index (χ3v) is 12.3. The van der Waals surface area contributed by atoms with Gasteiger partial charge in [-0.3, -0.25) is 9.78 Å². The number of carboxylic acids is 1. The summed E-state index contributed by atoms with van der Waals surface area (Å²) in [5.41, 5.74) is 3.38. The Morgan fingerprint density at radius 1 is 0.944 bits per heavy atom. The SMILES string of the molecule is Cc1cnccc1CN(CC(=O)N(Cc1cc(C2CC2)cc(C(C)(C)C)c1)c1ccc(C(=O)O)cc1OC1CC1)S(=O)(=O)c1c(F)c(F)c(F)c(F)c1Br. The van der Waals surface area contributed by atoms with Crippen LogP contribution in [-0.4, -0.2) is 47.3 Å². The van der Waals surface area contributed by atoms with Crippen LogP contribution in [0.15, 0.2) is 64.2 Å². The summed E-state index contributed by atoms with van der Waals surface area (Å²) >= 11 is 2.60. The lowest BCUT2D eigenvalue weighted by molar-refractivity contribution is -0.119. The number of hydrogen-bond acceptors (Lipinski definition) is 6. The summed E-state index contributed by atoms with van der Waals surface area (Å²) in [7, 11) is -5.31. The van der Waals surface area contributed by atoms with Gasteiger partial charge in [0.25, 0.3) is 0 Å². The van der Waals surface area contributed by atoms with Gasteiger partial charge in [0.1, 0.15) is 10.6 Å². The molecule has 0 saturated heterocycles. The monoisotopic (exact) mass is 831 g/mol. The number of anilines is 1. The molecular weight excluding hydrogens is 794 g/mol. The molecule has 2 aliphatic carbocycles. The number of aromatic carboxylic acids is 1. The average molecular weight is 833 g/mol. The van der Waals surface area contributed by atoms with Crippen molar-refractivity contribution in [1.82, 2.24) is 9.29 Å². The lowest BCUT2D eigenvalue weighted by Crippen LogP contribution is -2.43. The van der Waals surface area contributed by atoms with E-state index in [4.69, 9.17) is 4.74 Å². The molecule has 9 nitrogen and oxygen atoms in total. The first kappa shape index (κ1) is 39.4. The Hall–Kier alpha value is -4.34. The van der Waals surface area contributed by atoms with Crippen molar-refractivity contribution in [2.75, 3.05) is 11.4 Å². The summed E-state index contributed by atoms with van der Waals surface area (Å²) in [6.07, 6.45) is 5.99. The van der Waals surface area contributed by atoms with E-state index in [-0.39, 0.29) is 35.1 Å². The van der Waals surface area contributed by atoms with Crippen molar-refractivity contribution in [3.8, 4) is 5.75 Å². The molecule has 0 radical (unpaired) electrons. The number of benzene rings is 3. The number of rotatable bonds is 13. The Morgan fingerprint density at radius 2 is 1.63 bits per heavy atom. The van der Waals surface area contributed by atoms with Gasteiger partial charge >= 0.3 is 5.97 Å². The Labute approximate surface area is 319 Å². The molecule has 0 spiro atoms. The second-order valence-corrected chi connectivity index (χ2v) is 17.4. The first-order valence-electron chi connectivity index (χ1n) is 17.3. The van der Waals surface area contributed by atoms with E-state index in [1.807, 2.05) is 12.1 Å². The maximum atomic E-state index is 15.4. The minimum Gasteiger partial charge on any atom is -0.488 e. The highest BCUT2D eigenvalue weighted by Gasteiger charge is 2.38. The minimum atomic E-state index is -5.31. The first-order valence-corrected chi connectivity index (χ1v) is 19.5. The molecule has 1 amide bonds. The number of halogens is 5. The summed E-state index contributed by atoms with van der Waals surface area (Å²) in [5, 5.41) is 9.78. The molecular formula is C39H38BrF4N3O6S. The maximum absolute atomic E-state index is 15.4. The number of hydrogen-bond donors (Lipinski definition) is 1. The molecule has 0 bridgehead atoms.